The van der Waals surface area contributed by atoms with Gasteiger partial charge in [-0.2, -0.15) is 0 Å². The molecule has 0 aromatic carbocycles. The maximum atomic E-state index is 13.3. The number of hydrogen-bond donors (Lipinski definition) is 9. The summed E-state index contributed by atoms with van der Waals surface area (Å²) >= 11 is 0. The summed E-state index contributed by atoms with van der Waals surface area (Å²) in [5, 5.41) is 21.9. The molecule has 0 amide bonds. The van der Waals surface area contributed by atoms with E-state index in [2.05, 4.69) is 57.8 Å². The van der Waals surface area contributed by atoms with Crippen molar-refractivity contribution in [3.63, 3.8) is 0 Å². The average Bonchev–Trinajstić information content (AvgIpc) is 3.30. The quantitative estimate of drug-likeness (QED) is 0.0119. The maximum Gasteiger partial charge on any atom is 0.472 e. The Morgan fingerprint density at radius 1 is 0.438 bits per heavy atom. The number of carbonyl (C=O) groups excluding carboxylic acids is 2. The molecule has 426 valence electrons. The van der Waals surface area contributed by atoms with E-state index in [0.29, 0.717) is 25.7 Å². The molecule has 0 saturated heterocycles. The van der Waals surface area contributed by atoms with Gasteiger partial charge in [0, 0.05) is 12.8 Å². The number of phosphoric acid groups is 4. The Labute approximate surface area is 431 Å². The zero-order valence-electron chi connectivity index (χ0n) is 42.6. The predicted molar refractivity (Wildman–Crippen MR) is 272 cm³/mol. The molecule has 9 N–H and O–H groups in total. The topological polar surface area (TPSA) is 349 Å². The fourth-order valence-corrected chi connectivity index (χ4v) is 10.3. The largest absolute Gasteiger partial charge is 0.472 e. The van der Waals surface area contributed by atoms with E-state index in [9.17, 15) is 72.3 Å². The molecular formula is C47H86O22P4. The summed E-state index contributed by atoms with van der Waals surface area (Å²) in [6.45, 7) is 2.70. The molecule has 1 rings (SSSR count). The summed E-state index contributed by atoms with van der Waals surface area (Å²) < 4.78 is 82.2. The van der Waals surface area contributed by atoms with Crippen molar-refractivity contribution >= 4 is 43.2 Å². The molecule has 0 aromatic heterocycles. The van der Waals surface area contributed by atoms with E-state index in [0.717, 1.165) is 64.2 Å². The van der Waals surface area contributed by atoms with Crippen molar-refractivity contribution in [1.82, 2.24) is 0 Å². The second-order valence-corrected chi connectivity index (χ2v) is 22.9. The van der Waals surface area contributed by atoms with Gasteiger partial charge in [0.2, 0.25) is 0 Å². The van der Waals surface area contributed by atoms with Gasteiger partial charge >= 0.3 is 43.2 Å². The van der Waals surface area contributed by atoms with Crippen LogP contribution in [0.5, 0.6) is 0 Å². The number of aliphatic hydroxyl groups is 2. The fraction of sp³-hybridized carbons (Fsp3) is 0.787. The monoisotopic (exact) mass is 1130 g/mol. The zero-order chi connectivity index (χ0) is 54.6. The fourth-order valence-electron chi connectivity index (χ4n) is 7.62. The van der Waals surface area contributed by atoms with Gasteiger partial charge in [-0.25, -0.2) is 18.3 Å². The number of ether oxygens (including phenoxy) is 2. The van der Waals surface area contributed by atoms with Crippen LogP contribution in [0.1, 0.15) is 181 Å². The number of esters is 2. The predicted octanol–water partition coefficient (Wildman–Crippen LogP) is 9.52. The molecule has 73 heavy (non-hydrogen) atoms. The van der Waals surface area contributed by atoms with Gasteiger partial charge in [0.1, 0.15) is 43.2 Å². The third kappa shape index (κ3) is 37.6. The third-order valence-corrected chi connectivity index (χ3v) is 13.9. The van der Waals surface area contributed by atoms with Gasteiger partial charge in [0.25, 0.3) is 0 Å². The van der Waals surface area contributed by atoms with Crippen molar-refractivity contribution in [2.45, 2.75) is 224 Å². The van der Waals surface area contributed by atoms with Gasteiger partial charge in [-0.05, 0) is 70.6 Å². The highest BCUT2D eigenvalue weighted by Crippen LogP contribution is 2.53. The number of carbonyl (C=O) groups is 2. The summed E-state index contributed by atoms with van der Waals surface area (Å²) in [6.07, 6.45) is 23.2. The lowest BCUT2D eigenvalue weighted by molar-refractivity contribution is -0.209. The minimum Gasteiger partial charge on any atom is -0.462 e. The Kier molecular flexibility index (Phi) is 37.6. The van der Waals surface area contributed by atoms with Gasteiger partial charge < -0.3 is 53.9 Å². The van der Waals surface area contributed by atoms with Crippen LogP contribution in [-0.2, 0) is 59.9 Å². The molecule has 1 fully saturated rings. The summed E-state index contributed by atoms with van der Waals surface area (Å²) in [4.78, 5) is 93.0. The second-order valence-electron chi connectivity index (χ2n) is 18.0. The Morgan fingerprint density at radius 2 is 0.808 bits per heavy atom. The van der Waals surface area contributed by atoms with Gasteiger partial charge in [-0.1, -0.05) is 146 Å². The van der Waals surface area contributed by atoms with Gasteiger partial charge in [-0.15, -0.1) is 0 Å². The zero-order valence-corrected chi connectivity index (χ0v) is 46.2. The molecule has 1 saturated carbocycles. The molecule has 0 heterocycles. The van der Waals surface area contributed by atoms with E-state index < -0.39 is 99.2 Å². The summed E-state index contributed by atoms with van der Waals surface area (Å²) in [7, 11) is -23.1. The molecule has 1 aliphatic carbocycles. The first-order valence-corrected chi connectivity index (χ1v) is 31.8. The highest BCUT2D eigenvalue weighted by molar-refractivity contribution is 7.47. The molecule has 0 bridgehead atoms. The SMILES string of the molecule is CCCCCCC=CCCCCCCCCCC(=O)OCC(COP(=O)(O)OC1C(O)C(OP(=O)(O)O)C(OP(=O)(O)O)C(OP(=O)(O)O)C1O)OC(=O)CCCC=CCC=CCC=CCCCCCCCC. The second kappa shape index (κ2) is 39.6. The molecule has 6 unspecified atom stereocenters. The smallest absolute Gasteiger partial charge is 0.462 e. The highest BCUT2D eigenvalue weighted by Gasteiger charge is 2.59. The molecule has 0 spiro atoms. The molecule has 6 atom stereocenters. The minimum absolute atomic E-state index is 0.0174. The Balaban J connectivity index is 2.91. The number of rotatable bonds is 44. The summed E-state index contributed by atoms with van der Waals surface area (Å²) in [5.74, 6) is -1.47. The van der Waals surface area contributed by atoms with E-state index in [4.69, 9.17) is 18.5 Å². The molecule has 0 aromatic rings. The normalized spacial score (nSPS) is 21.4. The van der Waals surface area contributed by atoms with Gasteiger partial charge in [0.15, 0.2) is 6.10 Å². The van der Waals surface area contributed by atoms with E-state index in [1.807, 2.05) is 18.2 Å². The van der Waals surface area contributed by atoms with E-state index in [-0.39, 0.29) is 12.8 Å². The number of phosphoric ester groups is 4. The van der Waals surface area contributed by atoms with Crippen LogP contribution in [-0.4, -0.2) is 112 Å². The van der Waals surface area contributed by atoms with Crippen LogP contribution < -0.4 is 0 Å². The van der Waals surface area contributed by atoms with Gasteiger partial charge in [0.05, 0.1) is 6.61 Å². The van der Waals surface area contributed by atoms with Crippen molar-refractivity contribution in [2.24, 2.45) is 0 Å². The lowest BCUT2D eigenvalue weighted by atomic mass is 9.85. The first-order valence-electron chi connectivity index (χ1n) is 25.7. The van der Waals surface area contributed by atoms with Crippen LogP contribution in [0.2, 0.25) is 0 Å². The third-order valence-electron chi connectivity index (χ3n) is 11.3. The molecular weight excluding hydrogens is 1040 g/mol. The number of unbranched alkanes of at least 4 members (excludes halogenated alkanes) is 18. The van der Waals surface area contributed by atoms with Crippen LogP contribution in [0.25, 0.3) is 0 Å². The lowest BCUT2D eigenvalue weighted by Crippen LogP contribution is -2.65. The Hall–Kier alpha value is -1.74. The van der Waals surface area contributed by atoms with E-state index >= 15 is 0 Å². The molecule has 1 aliphatic rings. The van der Waals surface area contributed by atoms with Crippen molar-refractivity contribution in [3.8, 4) is 0 Å². The van der Waals surface area contributed by atoms with E-state index in [1.165, 1.54) is 64.2 Å². The number of allylic oxidation sites excluding steroid dienone is 8. The molecule has 0 aliphatic heterocycles. The van der Waals surface area contributed by atoms with Crippen LogP contribution >= 0.6 is 31.3 Å². The number of hydrogen-bond acceptors (Lipinski definition) is 15. The van der Waals surface area contributed by atoms with Gasteiger partial charge in [-0.3, -0.25) is 32.2 Å². The average molecular weight is 1130 g/mol. The lowest BCUT2D eigenvalue weighted by Gasteiger charge is -2.45. The highest BCUT2D eigenvalue weighted by atomic mass is 31.2. The Morgan fingerprint density at radius 3 is 1.27 bits per heavy atom. The first kappa shape index (κ1) is 69.3. The molecule has 26 heteroatoms. The maximum absolute atomic E-state index is 13.3. The minimum atomic E-state index is -5.80. The van der Waals surface area contributed by atoms with Crippen molar-refractivity contribution in [2.75, 3.05) is 13.2 Å². The summed E-state index contributed by atoms with van der Waals surface area (Å²) in [6, 6.07) is 0. The van der Waals surface area contributed by atoms with Crippen molar-refractivity contribution in [3.05, 3.63) is 48.6 Å². The number of aliphatic hydroxyl groups excluding tert-OH is 2. The standard InChI is InChI=1S/C47H86O22P4/c1-3-5-7-9-11-13-15-17-19-20-22-24-26-28-30-32-34-36-41(49)65-39(37-63-40(48)35-33-31-29-27-25-23-21-18-16-14-12-10-8-6-4-2)38-64-73(61,62)69-44-42(50)45(66-70(52,53)54)47(68-72(58,59)60)46(43(44)51)67-71(55,56)57/h14,16-17,19,22,24,28,30,39,42-47,50-51H,3-13,15,18,20-21,23,25-27,29,31-38H2,1-2H3,(H,61,62)(H2,52,53,54)(H2,55,56,57)(H2,58,59,60). The first-order chi connectivity index (χ1) is 34.5. The van der Waals surface area contributed by atoms with Crippen LogP contribution in [0.4, 0.5) is 0 Å². The van der Waals surface area contributed by atoms with Crippen molar-refractivity contribution in [1.29, 1.82) is 0 Å². The van der Waals surface area contributed by atoms with Crippen LogP contribution in [0.15, 0.2) is 48.6 Å². The summed E-state index contributed by atoms with van der Waals surface area (Å²) in [5.41, 5.74) is 0. The molecule has 0 radical (unpaired) electrons. The van der Waals surface area contributed by atoms with Crippen LogP contribution in [0.3, 0.4) is 0 Å². The van der Waals surface area contributed by atoms with Crippen molar-refractivity contribution < 1.29 is 104 Å². The van der Waals surface area contributed by atoms with E-state index in [1.54, 1.807) is 0 Å². The molecule has 22 nitrogen and oxygen atoms in total. The Bertz CT molecular complexity index is 1770. The van der Waals surface area contributed by atoms with Crippen LogP contribution in [0, 0.1) is 0 Å².